The number of fused-ring (bicyclic) bond motifs is 8. The number of nitrogens with zero attached hydrogens (tertiary/aromatic N) is 1. The zero-order valence-corrected chi connectivity index (χ0v) is 47.0. The van der Waals surface area contributed by atoms with Crippen molar-refractivity contribution < 1.29 is 4.42 Å². The lowest BCUT2D eigenvalue weighted by Gasteiger charge is -2.33. The molecule has 0 fully saturated rings. The lowest BCUT2D eigenvalue weighted by atomic mass is 9.59. The van der Waals surface area contributed by atoms with E-state index >= 15 is 0 Å². The van der Waals surface area contributed by atoms with Gasteiger partial charge < -0.3 is 9.32 Å². The topological polar surface area (TPSA) is 16.4 Å². The highest BCUT2D eigenvalue weighted by atomic mass is 16.3. The van der Waals surface area contributed by atoms with E-state index in [-0.39, 0.29) is 5.41 Å². The summed E-state index contributed by atoms with van der Waals surface area (Å²) in [6.45, 7) is 4.82. The van der Waals surface area contributed by atoms with Gasteiger partial charge in [0.25, 0.3) is 0 Å². The van der Waals surface area contributed by atoms with Crippen molar-refractivity contribution >= 4 is 247 Å². The van der Waals surface area contributed by atoms with E-state index in [1.165, 1.54) is 143 Å². The van der Waals surface area contributed by atoms with E-state index in [4.69, 9.17) is 4.42 Å². The lowest BCUT2D eigenvalue weighted by Crippen LogP contribution is -2.52. The zero-order chi connectivity index (χ0) is 52.8. The van der Waals surface area contributed by atoms with Gasteiger partial charge >= 0.3 is 0 Å². The summed E-state index contributed by atoms with van der Waals surface area (Å²) in [4.78, 5) is 2.55. The fourth-order valence-corrected chi connectivity index (χ4v) is 13.8. The van der Waals surface area contributed by atoms with Gasteiger partial charge in [-0.3, -0.25) is 0 Å². The van der Waals surface area contributed by atoms with Crippen molar-refractivity contribution in [3.63, 3.8) is 0 Å². The Bertz CT molecular complexity index is 4140. The van der Waals surface area contributed by atoms with Crippen LogP contribution in [-0.2, 0) is 5.41 Å². The van der Waals surface area contributed by atoms with Gasteiger partial charge in [-0.1, -0.05) is 142 Å². The van der Waals surface area contributed by atoms with Crippen LogP contribution >= 0.6 is 0 Å². The van der Waals surface area contributed by atoms with Gasteiger partial charge in [0.2, 0.25) is 0 Å². The second-order valence-corrected chi connectivity index (χ2v) is 22.8. The van der Waals surface area contributed by atoms with Crippen LogP contribution in [0, 0.1) is 0 Å². The molecule has 16 heteroatoms. The number of benzene rings is 10. The summed E-state index contributed by atoms with van der Waals surface area (Å²) >= 11 is 0. The summed E-state index contributed by atoms with van der Waals surface area (Å²) in [6, 6.07) is 48.0. The zero-order valence-electron chi connectivity index (χ0n) is 47.0. The van der Waals surface area contributed by atoms with E-state index in [0.717, 1.165) is 50.1 Å². The van der Waals surface area contributed by atoms with Crippen molar-refractivity contribution in [2.45, 2.75) is 19.3 Å². The maximum absolute atomic E-state index is 6.81. The smallest absolute Gasteiger partial charge is 0.143 e. The fourth-order valence-electron chi connectivity index (χ4n) is 13.8. The maximum Gasteiger partial charge on any atom is 0.143 e. The molecule has 0 amide bonds. The minimum absolute atomic E-state index is 0.301. The first kappa shape index (κ1) is 49.1. The molecule has 12 rings (SSSR count). The maximum atomic E-state index is 6.81. The van der Waals surface area contributed by atoms with E-state index in [2.05, 4.69) is 256 Å². The van der Waals surface area contributed by atoms with Gasteiger partial charge in [-0.25, -0.2) is 0 Å². The van der Waals surface area contributed by atoms with Gasteiger partial charge in [0.15, 0.2) is 0 Å². The summed E-state index contributed by atoms with van der Waals surface area (Å²) in [5.41, 5.74) is 36.7. The molecule has 0 saturated heterocycles. The Morgan fingerprint density at radius 1 is 0.360 bits per heavy atom. The highest BCUT2D eigenvalue weighted by Gasteiger charge is 2.40. The van der Waals surface area contributed by atoms with Crippen LogP contribution < -0.4 is 81.4 Å². The molecule has 0 bridgehead atoms. The standard InChI is InChI=1S/C59H55B14NO/c1-59(2)34-12-5-3-8-30(34)33-22-26(29-10-7-11-32-31-9-4-6-13-36(31)75-58(29)32)23-35(43(33)59)74(27-18-14-24(15-19-27)37-39-41(48(64)52(68)44(37)60)50(66)56(72)54(70)46(39)62)28-20-16-25(17-21-28)38-40-42(49(65)53(69)45(38)61)51(67)57(73)55(71)47(40)63/h3-23H,60-73H2,1-2H3. The predicted molar refractivity (Wildman–Crippen MR) is 372 cm³/mol. The molecule has 0 radical (unpaired) electrons. The molecule has 10 aromatic carbocycles. The molecule has 1 aliphatic rings. The molecule has 0 atom stereocenters. The first-order valence-corrected chi connectivity index (χ1v) is 27.0. The van der Waals surface area contributed by atoms with Crippen LogP contribution in [-0.4, -0.2) is 110 Å². The van der Waals surface area contributed by atoms with E-state index in [9.17, 15) is 0 Å². The Balaban J connectivity index is 1.13. The van der Waals surface area contributed by atoms with Gasteiger partial charge in [-0.2, -0.15) is 0 Å². The van der Waals surface area contributed by atoms with Crippen LogP contribution in [0.25, 0.3) is 88.0 Å². The SMILES string of the molecule is Bc1c(B)c(B)c2c(-c3ccc(N(c4ccc(-c5c(B)c(B)c(B)c6c(B)c(B)c(B)c(B)c56)cc4)c4cc(-c5cccc6c5oc5ccccc56)cc5c4C(C)(C)c4ccccc4-5)cc3)c(B)c(B)c(B)c2c1B. The summed E-state index contributed by atoms with van der Waals surface area (Å²) in [5, 5.41) is 7.82. The molecule has 0 saturated carbocycles. The molecule has 2 nitrogen and oxygen atoms in total. The molecule has 1 aliphatic carbocycles. The molecule has 1 aromatic heterocycles. The number of furan rings is 1. The van der Waals surface area contributed by atoms with Crippen LogP contribution in [0.3, 0.4) is 0 Å². The molecule has 0 spiro atoms. The summed E-state index contributed by atoms with van der Waals surface area (Å²) < 4.78 is 6.81. The van der Waals surface area contributed by atoms with Crippen LogP contribution in [0.1, 0.15) is 25.0 Å². The van der Waals surface area contributed by atoms with Crippen LogP contribution in [0.4, 0.5) is 17.1 Å². The number of para-hydroxylation sites is 2. The number of hydrogen-bond acceptors (Lipinski definition) is 2. The molecule has 1 heterocycles. The van der Waals surface area contributed by atoms with E-state index in [1.807, 2.05) is 0 Å². The third-order valence-corrected chi connectivity index (χ3v) is 19.0. The molecule has 0 N–H and O–H groups in total. The van der Waals surface area contributed by atoms with Crippen molar-refractivity contribution in [3.05, 3.63) is 139 Å². The second kappa shape index (κ2) is 17.7. The number of anilines is 3. The van der Waals surface area contributed by atoms with Gasteiger partial charge in [0.1, 0.15) is 121 Å². The molecular formula is C59H55B14NO. The summed E-state index contributed by atoms with van der Waals surface area (Å²) in [5.74, 6) is 0. The molecule has 11 aromatic rings. The third-order valence-electron chi connectivity index (χ3n) is 19.0. The monoisotopic (exact) mass is 948 g/mol. The Kier molecular flexibility index (Phi) is 11.6. The molecule has 75 heavy (non-hydrogen) atoms. The van der Waals surface area contributed by atoms with Gasteiger partial charge in [0, 0.05) is 33.1 Å². The van der Waals surface area contributed by atoms with Crippen molar-refractivity contribution in [2.24, 2.45) is 0 Å². The van der Waals surface area contributed by atoms with Crippen molar-refractivity contribution in [1.29, 1.82) is 0 Å². The van der Waals surface area contributed by atoms with Gasteiger partial charge in [-0.15, -0.1) is 32.8 Å². The largest absolute Gasteiger partial charge is 0.455 e. The summed E-state index contributed by atoms with van der Waals surface area (Å²) in [7, 11) is 32.4. The quantitative estimate of drug-likeness (QED) is 0.155. The molecule has 0 unspecified atom stereocenters. The van der Waals surface area contributed by atoms with Crippen LogP contribution in [0.5, 0.6) is 0 Å². The Labute approximate surface area is 455 Å². The average molecular weight is 945 g/mol. The molecular weight excluding hydrogens is 890 g/mol. The molecule has 344 valence electrons. The minimum atomic E-state index is -0.301. The lowest BCUT2D eigenvalue weighted by molar-refractivity contribution is 0.661. The number of hydrogen-bond donors (Lipinski definition) is 0. The van der Waals surface area contributed by atoms with Crippen LogP contribution in [0.15, 0.2) is 132 Å². The van der Waals surface area contributed by atoms with E-state index < -0.39 is 0 Å². The Morgan fingerprint density at radius 3 is 1.31 bits per heavy atom. The van der Waals surface area contributed by atoms with Crippen LogP contribution in [0.2, 0.25) is 0 Å². The third kappa shape index (κ3) is 7.06. The number of rotatable bonds is 6. The van der Waals surface area contributed by atoms with Gasteiger partial charge in [-0.05, 0) is 114 Å². The van der Waals surface area contributed by atoms with Crippen molar-refractivity contribution in [2.75, 3.05) is 4.90 Å². The first-order chi connectivity index (χ1) is 35.8. The average Bonchev–Trinajstić information content (AvgIpc) is 3.91. The summed E-state index contributed by atoms with van der Waals surface area (Å²) in [6.07, 6.45) is 0. The highest BCUT2D eigenvalue weighted by Crippen LogP contribution is 2.56. The second-order valence-electron chi connectivity index (χ2n) is 22.8. The van der Waals surface area contributed by atoms with E-state index in [1.54, 1.807) is 0 Å². The predicted octanol–water partition coefficient (Wildman–Crippen LogP) is -7.71. The Hall–Kier alpha value is -6.77. The molecule has 0 aliphatic heterocycles. The van der Waals surface area contributed by atoms with Gasteiger partial charge in [0.05, 0.1) is 5.69 Å². The van der Waals surface area contributed by atoms with Crippen molar-refractivity contribution in [3.8, 4) is 44.5 Å². The fraction of sp³-hybridized carbons (Fsp3) is 0.0508. The minimum Gasteiger partial charge on any atom is -0.455 e. The van der Waals surface area contributed by atoms with Crippen molar-refractivity contribution in [1.82, 2.24) is 0 Å². The Morgan fingerprint density at radius 2 is 0.787 bits per heavy atom. The first-order valence-electron chi connectivity index (χ1n) is 27.0. The highest BCUT2D eigenvalue weighted by molar-refractivity contribution is 6.73. The normalized spacial score (nSPS) is 12.7. The van der Waals surface area contributed by atoms with E-state index in [0.29, 0.717) is 0 Å².